The molecule has 6 heteroatoms. The normalized spacial score (nSPS) is 17.8. The van der Waals surface area contributed by atoms with Gasteiger partial charge in [-0.15, -0.1) is 0 Å². The van der Waals surface area contributed by atoms with E-state index in [0.29, 0.717) is 39.4 Å². The second-order valence-electron chi connectivity index (χ2n) is 6.97. The highest BCUT2D eigenvalue weighted by molar-refractivity contribution is 6.31. The van der Waals surface area contributed by atoms with E-state index in [4.69, 9.17) is 25.8 Å². The Morgan fingerprint density at radius 2 is 2.04 bits per heavy atom. The van der Waals surface area contributed by atoms with Gasteiger partial charge in [0.15, 0.2) is 0 Å². The van der Waals surface area contributed by atoms with Gasteiger partial charge in [0.1, 0.15) is 24.3 Å². The zero-order valence-electron chi connectivity index (χ0n) is 15.8. The Kier molecular flexibility index (Phi) is 5.45. The number of rotatable bonds is 4. The van der Waals surface area contributed by atoms with Gasteiger partial charge in [-0.2, -0.15) is 0 Å². The van der Waals surface area contributed by atoms with Gasteiger partial charge in [-0.25, -0.2) is 4.39 Å². The van der Waals surface area contributed by atoms with Crippen molar-refractivity contribution in [1.82, 2.24) is 0 Å². The number of halogens is 2. The lowest BCUT2D eigenvalue weighted by Crippen LogP contribution is -2.38. The number of ether oxygens (including phenoxy) is 3. The van der Waals surface area contributed by atoms with Crippen LogP contribution in [0.5, 0.6) is 5.75 Å². The van der Waals surface area contributed by atoms with Crippen LogP contribution in [0.2, 0.25) is 5.02 Å². The molecule has 0 N–H and O–H groups in total. The average molecular weight is 393 g/mol. The largest absolute Gasteiger partial charge is 0.462 e. The van der Waals surface area contributed by atoms with Gasteiger partial charge in [0.05, 0.1) is 5.02 Å². The molecule has 0 aromatic heterocycles. The molecule has 0 saturated heterocycles. The van der Waals surface area contributed by atoms with Crippen molar-refractivity contribution in [2.24, 2.45) is 0 Å². The van der Waals surface area contributed by atoms with Crippen molar-refractivity contribution in [3.63, 3.8) is 0 Å². The highest BCUT2D eigenvalue weighted by Gasteiger charge is 2.37. The van der Waals surface area contributed by atoms with Gasteiger partial charge in [0.2, 0.25) is 5.79 Å². The number of carbonyl (C=O) groups excluding carboxylic acids is 1. The van der Waals surface area contributed by atoms with E-state index < -0.39 is 11.9 Å². The fraction of sp³-hybridized carbons (Fsp3) is 0.381. The van der Waals surface area contributed by atoms with E-state index in [0.717, 1.165) is 0 Å². The molecule has 0 bridgehead atoms. The molecule has 0 fully saturated rings. The number of aryl methyl sites for hydroxylation is 1. The summed E-state index contributed by atoms with van der Waals surface area (Å²) in [5.41, 5.74) is 2.65. The predicted molar refractivity (Wildman–Crippen MR) is 100 cm³/mol. The third-order valence-corrected chi connectivity index (χ3v) is 4.69. The molecule has 2 aromatic carbocycles. The zero-order chi connectivity index (χ0) is 19.8. The molecule has 27 heavy (non-hydrogen) atoms. The van der Waals surface area contributed by atoms with Gasteiger partial charge in [-0.05, 0) is 41.3 Å². The number of carbonyl (C=O) groups is 1. The van der Waals surface area contributed by atoms with Gasteiger partial charge in [-0.1, -0.05) is 30.7 Å². The van der Waals surface area contributed by atoms with E-state index in [1.807, 2.05) is 13.0 Å². The first-order valence-electron chi connectivity index (χ1n) is 8.81. The van der Waals surface area contributed by atoms with Crippen LogP contribution in [0.25, 0.3) is 0 Å². The monoisotopic (exact) mass is 392 g/mol. The van der Waals surface area contributed by atoms with Gasteiger partial charge in [0.25, 0.3) is 0 Å². The van der Waals surface area contributed by atoms with Crippen LogP contribution in [-0.4, -0.2) is 11.8 Å². The van der Waals surface area contributed by atoms with E-state index in [-0.39, 0.29) is 18.4 Å². The van der Waals surface area contributed by atoms with Crippen LogP contribution in [-0.2, 0) is 27.3 Å². The van der Waals surface area contributed by atoms with Gasteiger partial charge in [-0.3, -0.25) is 4.79 Å². The SMILES string of the molecule is CCc1ccc(C2OC(C)(C)Oc3cc(COC(C)=O)cc(Cl)c32)cc1F. The summed E-state index contributed by atoms with van der Waals surface area (Å²) in [6, 6.07) is 8.58. The summed E-state index contributed by atoms with van der Waals surface area (Å²) < 4.78 is 31.4. The van der Waals surface area contributed by atoms with E-state index in [9.17, 15) is 9.18 Å². The molecule has 1 aliphatic rings. The number of esters is 1. The second-order valence-corrected chi connectivity index (χ2v) is 7.38. The van der Waals surface area contributed by atoms with Crippen LogP contribution < -0.4 is 4.74 Å². The summed E-state index contributed by atoms with van der Waals surface area (Å²) in [4.78, 5) is 11.1. The molecule has 0 spiro atoms. The summed E-state index contributed by atoms with van der Waals surface area (Å²) in [7, 11) is 0. The Bertz CT molecular complexity index is 879. The Hall–Kier alpha value is -2.11. The van der Waals surface area contributed by atoms with Crippen LogP contribution in [0, 0.1) is 5.82 Å². The summed E-state index contributed by atoms with van der Waals surface area (Å²) in [5, 5.41) is 0.412. The van der Waals surface area contributed by atoms with Crippen molar-refractivity contribution in [1.29, 1.82) is 0 Å². The lowest BCUT2D eigenvalue weighted by molar-refractivity contribution is -0.196. The average Bonchev–Trinajstić information content (AvgIpc) is 2.58. The molecule has 1 atom stereocenters. The molecule has 3 rings (SSSR count). The molecule has 1 aliphatic heterocycles. The minimum atomic E-state index is -0.930. The number of fused-ring (bicyclic) bond motifs is 1. The minimum Gasteiger partial charge on any atom is -0.462 e. The third-order valence-electron chi connectivity index (χ3n) is 4.37. The standard InChI is InChI=1S/C21H22ClFO4/c1-5-14-6-7-15(10-17(14)23)20-19-16(22)8-13(11-25-12(2)24)9-18(19)26-21(3,4)27-20/h6-10,20H,5,11H2,1-4H3. The Morgan fingerprint density at radius 3 is 2.67 bits per heavy atom. The first-order chi connectivity index (χ1) is 12.7. The molecule has 1 unspecified atom stereocenters. The van der Waals surface area contributed by atoms with Crippen LogP contribution in [0.4, 0.5) is 4.39 Å². The molecule has 0 saturated carbocycles. The highest BCUT2D eigenvalue weighted by Crippen LogP contribution is 2.46. The Morgan fingerprint density at radius 1 is 1.30 bits per heavy atom. The third kappa shape index (κ3) is 4.25. The molecule has 4 nitrogen and oxygen atoms in total. The quantitative estimate of drug-likeness (QED) is 0.659. The lowest BCUT2D eigenvalue weighted by atomic mass is 9.96. The van der Waals surface area contributed by atoms with E-state index >= 15 is 0 Å². The molecule has 144 valence electrons. The summed E-state index contributed by atoms with van der Waals surface area (Å²) in [5.74, 6) is -1.04. The highest BCUT2D eigenvalue weighted by atomic mass is 35.5. The van der Waals surface area contributed by atoms with Crippen LogP contribution in [0.3, 0.4) is 0 Å². The van der Waals surface area contributed by atoms with Crippen LogP contribution in [0.1, 0.15) is 56.1 Å². The van der Waals surface area contributed by atoms with Crippen molar-refractivity contribution in [3.05, 3.63) is 63.4 Å². The number of hydrogen-bond donors (Lipinski definition) is 0. The van der Waals surface area contributed by atoms with Crippen LogP contribution in [0.15, 0.2) is 30.3 Å². The lowest BCUT2D eigenvalue weighted by Gasteiger charge is -2.38. The fourth-order valence-corrected chi connectivity index (χ4v) is 3.47. The first-order valence-corrected chi connectivity index (χ1v) is 9.19. The zero-order valence-corrected chi connectivity index (χ0v) is 16.5. The summed E-state index contributed by atoms with van der Waals surface area (Å²) in [6.45, 7) is 6.91. The molecule has 0 radical (unpaired) electrons. The number of benzene rings is 2. The predicted octanol–water partition coefficient (Wildman–Crippen LogP) is 5.34. The van der Waals surface area contributed by atoms with Crippen molar-refractivity contribution in [2.45, 2.75) is 52.6 Å². The van der Waals surface area contributed by atoms with Crippen molar-refractivity contribution >= 4 is 17.6 Å². The van der Waals surface area contributed by atoms with E-state index in [1.165, 1.54) is 13.0 Å². The van der Waals surface area contributed by atoms with E-state index in [2.05, 4.69) is 0 Å². The topological polar surface area (TPSA) is 44.8 Å². The molecule has 0 amide bonds. The minimum absolute atomic E-state index is 0.0947. The van der Waals surface area contributed by atoms with E-state index in [1.54, 1.807) is 32.0 Å². The maximum atomic E-state index is 14.3. The van der Waals surface area contributed by atoms with Crippen molar-refractivity contribution in [3.8, 4) is 5.75 Å². The molecular formula is C21H22ClFO4. The maximum absolute atomic E-state index is 14.3. The van der Waals surface area contributed by atoms with Crippen molar-refractivity contribution in [2.75, 3.05) is 0 Å². The van der Waals surface area contributed by atoms with Gasteiger partial charge in [0, 0.05) is 26.3 Å². The molecule has 0 aliphatic carbocycles. The summed E-state index contributed by atoms with van der Waals surface area (Å²) in [6.07, 6.45) is 0.0442. The molecular weight excluding hydrogens is 371 g/mol. The van der Waals surface area contributed by atoms with Gasteiger partial charge < -0.3 is 14.2 Å². The second kappa shape index (κ2) is 7.49. The maximum Gasteiger partial charge on any atom is 0.302 e. The van der Waals surface area contributed by atoms with Gasteiger partial charge >= 0.3 is 5.97 Å². The molecule has 1 heterocycles. The Labute approximate surface area is 163 Å². The number of hydrogen-bond acceptors (Lipinski definition) is 4. The Balaban J connectivity index is 2.05. The molecule has 2 aromatic rings. The van der Waals surface area contributed by atoms with Crippen LogP contribution >= 0.6 is 11.6 Å². The first kappa shape index (κ1) is 19.6. The fourth-order valence-electron chi connectivity index (χ4n) is 3.13. The smallest absolute Gasteiger partial charge is 0.302 e. The summed E-state index contributed by atoms with van der Waals surface area (Å²) >= 11 is 6.50. The van der Waals surface area contributed by atoms with Crippen molar-refractivity contribution < 1.29 is 23.4 Å².